The van der Waals surface area contributed by atoms with Gasteiger partial charge in [-0.3, -0.25) is 9.59 Å². The van der Waals surface area contributed by atoms with Gasteiger partial charge in [-0.15, -0.1) is 0 Å². The van der Waals surface area contributed by atoms with Gasteiger partial charge in [-0.1, -0.05) is 24.6 Å². The van der Waals surface area contributed by atoms with E-state index in [2.05, 4.69) is 0 Å². The topological polar surface area (TPSA) is 88.5 Å². The first kappa shape index (κ1) is 25.8. The summed E-state index contributed by atoms with van der Waals surface area (Å²) in [5.41, 5.74) is 0.361. The second kappa shape index (κ2) is 12.1. The molecule has 0 unspecified atom stereocenters. The number of carbonyl (C=O) groups excluding carboxylic acids is 2. The molecule has 0 spiro atoms. The molecule has 2 aromatic carbocycles. The zero-order valence-corrected chi connectivity index (χ0v) is 21.0. The van der Waals surface area contributed by atoms with Crippen LogP contribution in [0, 0.1) is 5.41 Å². The molecule has 5 rings (SSSR count). The van der Waals surface area contributed by atoms with Crippen LogP contribution in [0.25, 0.3) is 0 Å². The summed E-state index contributed by atoms with van der Waals surface area (Å²) in [7, 11) is 1.59. The minimum atomic E-state index is -0.169. The van der Waals surface area contributed by atoms with Gasteiger partial charge in [0.25, 0.3) is 11.8 Å². The zero-order chi connectivity index (χ0) is 25.4. The number of aliphatic hydroxyl groups is 1. The number of fused-ring (bicyclic) bond motifs is 9. The summed E-state index contributed by atoms with van der Waals surface area (Å²) >= 11 is 0. The molecular weight excluding hydrogens is 460 g/mol. The second-order valence-corrected chi connectivity index (χ2v) is 9.60. The van der Waals surface area contributed by atoms with Crippen molar-refractivity contribution in [1.29, 1.82) is 0 Å². The maximum Gasteiger partial charge on any atom is 0.260 e. The molecule has 2 aromatic rings. The Balaban J connectivity index is 1.47. The number of hydrogen-bond donors (Lipinski definition) is 1. The standard InChI is InChI=1S/C28H36N2O6/c1-34-22-7-6-8-23(19-22)36-20-26(32)29-14-5-4-11-28(21-31)12-15-30(16-13-28)27(33)24-9-2-3-10-25(24)35-18-17-29/h2-3,6-10,19,31H,4-5,11-18,20-21H2,1H3. The summed E-state index contributed by atoms with van der Waals surface area (Å²) in [6.45, 7) is 2.52. The molecule has 0 aliphatic carbocycles. The summed E-state index contributed by atoms with van der Waals surface area (Å²) in [5.74, 6) is 1.58. The second-order valence-electron chi connectivity index (χ2n) is 9.60. The number of ether oxygens (including phenoxy) is 3. The molecule has 8 nitrogen and oxygen atoms in total. The van der Waals surface area contributed by atoms with E-state index in [1.54, 1.807) is 36.3 Å². The fourth-order valence-electron chi connectivity index (χ4n) is 4.97. The van der Waals surface area contributed by atoms with E-state index in [0.717, 1.165) is 32.1 Å². The van der Waals surface area contributed by atoms with E-state index in [1.165, 1.54) is 0 Å². The summed E-state index contributed by atoms with van der Waals surface area (Å²) in [5, 5.41) is 10.2. The van der Waals surface area contributed by atoms with Crippen LogP contribution in [-0.4, -0.2) is 79.8 Å². The molecule has 0 radical (unpaired) electrons. The lowest BCUT2D eigenvalue weighted by Gasteiger charge is -2.41. The number of amides is 2. The maximum absolute atomic E-state index is 13.3. The van der Waals surface area contributed by atoms with Gasteiger partial charge in [-0.05, 0) is 55.4 Å². The number of hydrogen-bond acceptors (Lipinski definition) is 6. The number of carbonyl (C=O) groups is 2. The Bertz CT molecular complexity index is 1030. The van der Waals surface area contributed by atoms with Crippen LogP contribution in [-0.2, 0) is 4.79 Å². The number of benzene rings is 2. The van der Waals surface area contributed by atoms with E-state index in [9.17, 15) is 14.7 Å². The number of aliphatic hydroxyl groups excluding tert-OH is 1. The molecule has 1 fully saturated rings. The molecule has 2 amide bonds. The van der Waals surface area contributed by atoms with E-state index in [4.69, 9.17) is 14.2 Å². The average molecular weight is 497 g/mol. The molecule has 0 atom stereocenters. The van der Waals surface area contributed by atoms with Gasteiger partial charge in [0, 0.05) is 32.3 Å². The van der Waals surface area contributed by atoms with Crippen molar-refractivity contribution in [3.8, 4) is 17.2 Å². The predicted molar refractivity (Wildman–Crippen MR) is 136 cm³/mol. The molecule has 2 bridgehead atoms. The molecule has 8 heteroatoms. The lowest BCUT2D eigenvalue weighted by Crippen LogP contribution is -2.44. The number of methoxy groups -OCH3 is 1. The molecule has 1 saturated heterocycles. The highest BCUT2D eigenvalue weighted by Gasteiger charge is 2.36. The fraction of sp³-hybridized carbons (Fsp3) is 0.500. The Hall–Kier alpha value is -3.26. The fourth-order valence-corrected chi connectivity index (χ4v) is 4.97. The Kier molecular flexibility index (Phi) is 8.70. The lowest BCUT2D eigenvalue weighted by molar-refractivity contribution is -0.133. The number of nitrogens with zero attached hydrogens (tertiary/aromatic N) is 2. The quantitative estimate of drug-likeness (QED) is 0.683. The third kappa shape index (κ3) is 6.29. The molecule has 3 aliphatic heterocycles. The first-order valence-corrected chi connectivity index (χ1v) is 12.7. The smallest absolute Gasteiger partial charge is 0.260 e. The van der Waals surface area contributed by atoms with Crippen LogP contribution >= 0.6 is 0 Å². The van der Waals surface area contributed by atoms with Crippen LogP contribution in [0.15, 0.2) is 48.5 Å². The van der Waals surface area contributed by atoms with Crippen molar-refractivity contribution in [3.05, 3.63) is 54.1 Å². The Morgan fingerprint density at radius 2 is 1.78 bits per heavy atom. The normalized spacial score (nSPS) is 18.4. The molecule has 1 N–H and O–H groups in total. The van der Waals surface area contributed by atoms with Crippen molar-refractivity contribution in [2.75, 3.05) is 53.1 Å². The maximum atomic E-state index is 13.3. The van der Waals surface area contributed by atoms with Gasteiger partial charge in [0.1, 0.15) is 23.9 Å². The van der Waals surface area contributed by atoms with Crippen LogP contribution in [0.3, 0.4) is 0 Å². The Labute approximate surface area is 212 Å². The van der Waals surface area contributed by atoms with Gasteiger partial charge in [-0.25, -0.2) is 0 Å². The number of para-hydroxylation sites is 1. The molecule has 0 aromatic heterocycles. The lowest BCUT2D eigenvalue weighted by atomic mass is 9.75. The van der Waals surface area contributed by atoms with Gasteiger partial charge in [-0.2, -0.15) is 0 Å². The van der Waals surface area contributed by atoms with E-state index >= 15 is 0 Å². The van der Waals surface area contributed by atoms with Gasteiger partial charge >= 0.3 is 0 Å². The molecule has 194 valence electrons. The SMILES string of the molecule is COc1cccc(OCC(=O)N2CCCCC3(CO)CCN(CC3)C(=O)c3ccccc3OCC2)c1. The molecule has 3 aliphatic rings. The van der Waals surface area contributed by atoms with Crippen molar-refractivity contribution in [3.63, 3.8) is 0 Å². The highest BCUT2D eigenvalue weighted by molar-refractivity contribution is 5.97. The first-order valence-electron chi connectivity index (χ1n) is 12.7. The Morgan fingerprint density at radius 1 is 1.00 bits per heavy atom. The number of piperidine rings is 1. The molecular formula is C28H36N2O6. The van der Waals surface area contributed by atoms with Crippen molar-refractivity contribution < 1.29 is 28.9 Å². The Morgan fingerprint density at radius 3 is 2.56 bits per heavy atom. The van der Waals surface area contributed by atoms with Gasteiger partial charge in [0.05, 0.1) is 19.2 Å². The highest BCUT2D eigenvalue weighted by Crippen LogP contribution is 2.37. The van der Waals surface area contributed by atoms with Crippen LogP contribution in [0.5, 0.6) is 17.2 Å². The van der Waals surface area contributed by atoms with Crippen molar-refractivity contribution >= 4 is 11.8 Å². The van der Waals surface area contributed by atoms with E-state index < -0.39 is 0 Å². The van der Waals surface area contributed by atoms with Gasteiger partial charge < -0.3 is 29.1 Å². The zero-order valence-electron chi connectivity index (χ0n) is 21.0. The molecule has 0 saturated carbocycles. The summed E-state index contributed by atoms with van der Waals surface area (Å²) < 4.78 is 17.0. The van der Waals surface area contributed by atoms with Gasteiger partial charge in [0.15, 0.2) is 6.61 Å². The summed E-state index contributed by atoms with van der Waals surface area (Å²) in [6.07, 6.45) is 4.15. The average Bonchev–Trinajstić information content (AvgIpc) is 2.93. The van der Waals surface area contributed by atoms with Crippen LogP contribution in [0.2, 0.25) is 0 Å². The largest absolute Gasteiger partial charge is 0.497 e. The third-order valence-corrected chi connectivity index (χ3v) is 7.32. The predicted octanol–water partition coefficient (Wildman–Crippen LogP) is 3.38. The summed E-state index contributed by atoms with van der Waals surface area (Å²) in [6, 6.07) is 14.4. The van der Waals surface area contributed by atoms with Gasteiger partial charge in [0.2, 0.25) is 0 Å². The van der Waals surface area contributed by atoms with Crippen LogP contribution in [0.4, 0.5) is 0 Å². The molecule has 3 heterocycles. The van der Waals surface area contributed by atoms with E-state index in [0.29, 0.717) is 49.0 Å². The highest BCUT2D eigenvalue weighted by atomic mass is 16.5. The minimum Gasteiger partial charge on any atom is -0.497 e. The first-order chi connectivity index (χ1) is 17.5. The van der Waals surface area contributed by atoms with E-state index in [1.807, 2.05) is 29.2 Å². The van der Waals surface area contributed by atoms with Crippen molar-refractivity contribution in [2.45, 2.75) is 32.1 Å². The van der Waals surface area contributed by atoms with Crippen molar-refractivity contribution in [1.82, 2.24) is 9.80 Å². The van der Waals surface area contributed by atoms with Crippen LogP contribution < -0.4 is 14.2 Å². The van der Waals surface area contributed by atoms with E-state index in [-0.39, 0.29) is 37.0 Å². The monoisotopic (exact) mass is 496 g/mol. The minimum absolute atomic E-state index is 0.0494. The number of rotatable bonds is 5. The third-order valence-electron chi connectivity index (χ3n) is 7.32. The summed E-state index contributed by atoms with van der Waals surface area (Å²) in [4.78, 5) is 30.0. The molecule has 36 heavy (non-hydrogen) atoms. The van der Waals surface area contributed by atoms with Crippen molar-refractivity contribution in [2.24, 2.45) is 5.41 Å². The van der Waals surface area contributed by atoms with Crippen LogP contribution in [0.1, 0.15) is 42.5 Å².